The molecule has 276 valence electrons. The number of rotatable bonds is 22. The predicted molar refractivity (Wildman–Crippen MR) is 168 cm³/mol. The van der Waals surface area contributed by atoms with Crippen molar-refractivity contribution in [1.29, 1.82) is 0 Å². The Balaban J connectivity index is 3.01. The monoisotopic (exact) mass is 701 g/mol. The summed E-state index contributed by atoms with van der Waals surface area (Å²) < 4.78 is 0. The minimum Gasteiger partial charge on any atom is -0.481 e. The number of carbonyl (C=O) groups excluding carboxylic acids is 7. The lowest BCUT2D eigenvalue weighted by Crippen LogP contribution is -2.60. The Bertz CT molecular complexity index is 1230. The lowest BCUT2D eigenvalue weighted by molar-refractivity contribution is -0.142. The van der Waals surface area contributed by atoms with Gasteiger partial charge in [-0.2, -0.15) is 0 Å². The molecule has 7 amide bonds. The number of hydrogen-bond donors (Lipinski definition) is 12. The van der Waals surface area contributed by atoms with Gasteiger partial charge in [-0.25, -0.2) is 0 Å². The molecule has 21 heteroatoms. The zero-order valence-electron chi connectivity index (χ0n) is 27.3. The van der Waals surface area contributed by atoms with E-state index in [0.717, 1.165) is 20.3 Å². The number of aliphatic hydroxyl groups is 1. The second-order valence-electron chi connectivity index (χ2n) is 11.5. The molecule has 1 rings (SSSR count). The molecule has 1 aliphatic heterocycles. The van der Waals surface area contributed by atoms with Gasteiger partial charge in [0.15, 0.2) is 0 Å². The van der Waals surface area contributed by atoms with Crippen molar-refractivity contribution < 1.29 is 58.5 Å². The highest BCUT2D eigenvalue weighted by Crippen LogP contribution is 2.07. The van der Waals surface area contributed by atoms with Crippen LogP contribution in [0.5, 0.6) is 0 Å². The highest BCUT2D eigenvalue weighted by molar-refractivity contribution is 5.98. The Morgan fingerprint density at radius 2 is 1.43 bits per heavy atom. The molecule has 1 fully saturated rings. The summed E-state index contributed by atoms with van der Waals surface area (Å²) in [5.41, 5.74) is 10.8. The molecule has 0 unspecified atom stereocenters. The molecule has 0 aromatic rings. The van der Waals surface area contributed by atoms with E-state index in [4.69, 9.17) is 16.6 Å². The van der Waals surface area contributed by atoms with Crippen molar-refractivity contribution in [2.24, 2.45) is 11.5 Å². The van der Waals surface area contributed by atoms with Gasteiger partial charge in [-0.1, -0.05) is 0 Å². The van der Waals surface area contributed by atoms with Crippen molar-refractivity contribution in [2.75, 3.05) is 19.6 Å². The molecular weight excluding hydrogens is 654 g/mol. The van der Waals surface area contributed by atoms with E-state index >= 15 is 0 Å². The predicted octanol–water partition coefficient (Wildman–Crippen LogP) is -5.76. The standard InChI is InChI=1S/C28H47N9O12/c1-13(28(48)49)33-27(47)22(14(2)38)37-26(46)17(10-19(30)39)35-25(45)16(6-3-4-8-29)34-20(40)12-32-23(43)18(11-21(41)42)36-24(44)15-7-5-9-31-15/h13-18,22,31,38H,3-12,29H2,1-2H3,(H2,30,39)(H,32,43)(H,33,47)(H,34,40)(H,35,45)(H,36,44)(H,37,46)(H,41,42)(H,48,49)/t13-,14+,15-,16-,17-,18-,22-/m0/s1. The SMILES string of the molecule is C[C@H](NC(=O)[C@@H](NC(=O)[C@H](CC(N)=O)NC(=O)[C@H](CCCCN)NC(=O)CNC(=O)[C@H](CC(=O)O)NC(=O)[C@@H]1CCCN1)[C@@H](C)O)C(=O)O. The molecule has 1 heterocycles. The number of carbonyl (C=O) groups is 9. The van der Waals surface area contributed by atoms with Gasteiger partial charge in [-0.05, 0) is 59.0 Å². The lowest BCUT2D eigenvalue weighted by atomic mass is 10.1. The summed E-state index contributed by atoms with van der Waals surface area (Å²) in [5.74, 6) is -9.48. The van der Waals surface area contributed by atoms with Crippen molar-refractivity contribution in [3.05, 3.63) is 0 Å². The third kappa shape index (κ3) is 15.7. The first-order valence-electron chi connectivity index (χ1n) is 15.6. The maximum Gasteiger partial charge on any atom is 0.325 e. The van der Waals surface area contributed by atoms with Gasteiger partial charge >= 0.3 is 11.9 Å². The number of aliphatic carboxylic acids is 2. The number of aliphatic hydroxyl groups excluding tert-OH is 1. The Kier molecular flexibility index (Phi) is 18.2. The molecule has 0 aromatic heterocycles. The number of amides is 7. The molecular formula is C28H47N9O12. The average Bonchev–Trinajstić information content (AvgIpc) is 3.56. The van der Waals surface area contributed by atoms with Crippen LogP contribution in [0.3, 0.4) is 0 Å². The van der Waals surface area contributed by atoms with Crippen molar-refractivity contribution in [3.63, 3.8) is 0 Å². The van der Waals surface area contributed by atoms with Crippen LogP contribution in [0.4, 0.5) is 0 Å². The fraction of sp³-hybridized carbons (Fsp3) is 0.679. The van der Waals surface area contributed by atoms with Crippen LogP contribution in [-0.2, 0) is 43.2 Å². The van der Waals surface area contributed by atoms with Gasteiger partial charge in [0.2, 0.25) is 41.4 Å². The molecule has 0 bridgehead atoms. The molecule has 14 N–H and O–H groups in total. The molecule has 1 aliphatic rings. The van der Waals surface area contributed by atoms with Crippen molar-refractivity contribution >= 4 is 53.3 Å². The molecule has 1 saturated heterocycles. The maximum absolute atomic E-state index is 13.3. The minimum absolute atomic E-state index is 0.0223. The van der Waals surface area contributed by atoms with Gasteiger partial charge in [-0.3, -0.25) is 43.2 Å². The summed E-state index contributed by atoms with van der Waals surface area (Å²) in [5, 5.41) is 44.6. The summed E-state index contributed by atoms with van der Waals surface area (Å²) >= 11 is 0. The molecule has 0 aromatic carbocycles. The molecule has 0 aliphatic carbocycles. The van der Waals surface area contributed by atoms with E-state index < -0.39 is 115 Å². The summed E-state index contributed by atoms with van der Waals surface area (Å²) in [6.07, 6.45) is -1.17. The molecule has 0 radical (unpaired) electrons. The van der Waals surface area contributed by atoms with Gasteiger partial charge in [0, 0.05) is 0 Å². The Morgan fingerprint density at radius 3 is 1.96 bits per heavy atom. The Labute approximate surface area is 281 Å². The van der Waals surface area contributed by atoms with Gasteiger partial charge in [0.1, 0.15) is 30.2 Å². The van der Waals surface area contributed by atoms with Crippen LogP contribution in [0.2, 0.25) is 0 Å². The van der Waals surface area contributed by atoms with Crippen LogP contribution in [0, 0.1) is 0 Å². The Hall–Kier alpha value is -4.89. The molecule has 0 spiro atoms. The number of nitrogens with one attached hydrogen (secondary N) is 7. The van der Waals surface area contributed by atoms with E-state index in [2.05, 4.69) is 37.2 Å². The van der Waals surface area contributed by atoms with E-state index in [0.29, 0.717) is 25.8 Å². The van der Waals surface area contributed by atoms with Gasteiger partial charge in [-0.15, -0.1) is 0 Å². The number of hydrogen-bond acceptors (Lipinski definition) is 12. The minimum atomic E-state index is -1.71. The van der Waals surface area contributed by atoms with E-state index in [1.165, 1.54) is 0 Å². The molecule has 0 saturated carbocycles. The van der Waals surface area contributed by atoms with E-state index in [-0.39, 0.29) is 13.0 Å². The number of nitrogens with two attached hydrogens (primary N) is 2. The first kappa shape index (κ1) is 42.1. The van der Waals surface area contributed by atoms with Crippen LogP contribution < -0.4 is 48.7 Å². The normalized spacial score (nSPS) is 17.5. The van der Waals surface area contributed by atoms with E-state index in [1.54, 1.807) is 0 Å². The van der Waals surface area contributed by atoms with E-state index in [9.17, 15) is 53.4 Å². The fourth-order valence-electron chi connectivity index (χ4n) is 4.57. The second-order valence-corrected chi connectivity index (χ2v) is 11.5. The van der Waals surface area contributed by atoms with Crippen LogP contribution in [0.15, 0.2) is 0 Å². The zero-order chi connectivity index (χ0) is 37.3. The highest BCUT2D eigenvalue weighted by atomic mass is 16.4. The largest absolute Gasteiger partial charge is 0.481 e. The first-order valence-corrected chi connectivity index (χ1v) is 15.6. The summed E-state index contributed by atoms with van der Waals surface area (Å²) in [6, 6.07) is -8.25. The number of carboxylic acids is 2. The van der Waals surface area contributed by atoms with Crippen molar-refractivity contribution in [1.82, 2.24) is 37.2 Å². The number of unbranched alkanes of at least 4 members (excludes halogenated alkanes) is 1. The Morgan fingerprint density at radius 1 is 0.796 bits per heavy atom. The molecule has 49 heavy (non-hydrogen) atoms. The van der Waals surface area contributed by atoms with Crippen LogP contribution in [-0.4, -0.2) is 131 Å². The first-order chi connectivity index (χ1) is 23.0. The van der Waals surface area contributed by atoms with Crippen LogP contribution >= 0.6 is 0 Å². The average molecular weight is 702 g/mol. The fourth-order valence-corrected chi connectivity index (χ4v) is 4.57. The van der Waals surface area contributed by atoms with Crippen LogP contribution in [0.1, 0.15) is 58.8 Å². The second kappa shape index (κ2) is 21.2. The quantitative estimate of drug-likeness (QED) is 0.0468. The van der Waals surface area contributed by atoms with E-state index in [1.807, 2.05) is 0 Å². The maximum atomic E-state index is 13.3. The zero-order valence-corrected chi connectivity index (χ0v) is 27.3. The van der Waals surface area contributed by atoms with Crippen molar-refractivity contribution in [2.45, 2.75) is 101 Å². The van der Waals surface area contributed by atoms with Crippen LogP contribution in [0.25, 0.3) is 0 Å². The highest BCUT2D eigenvalue weighted by Gasteiger charge is 2.34. The van der Waals surface area contributed by atoms with Gasteiger partial charge in [0.05, 0.1) is 31.5 Å². The molecule has 21 nitrogen and oxygen atoms in total. The lowest BCUT2D eigenvalue weighted by Gasteiger charge is -2.26. The summed E-state index contributed by atoms with van der Waals surface area (Å²) in [4.78, 5) is 111. The topological polar surface area (TPSA) is 351 Å². The molecule has 7 atom stereocenters. The van der Waals surface area contributed by atoms with Gasteiger partial charge < -0.3 is 64.0 Å². The summed E-state index contributed by atoms with van der Waals surface area (Å²) in [6.45, 7) is 2.35. The number of primary amides is 1. The third-order valence-corrected chi connectivity index (χ3v) is 7.24. The van der Waals surface area contributed by atoms with Crippen molar-refractivity contribution in [3.8, 4) is 0 Å². The summed E-state index contributed by atoms with van der Waals surface area (Å²) in [7, 11) is 0. The van der Waals surface area contributed by atoms with Gasteiger partial charge in [0.25, 0.3) is 0 Å². The third-order valence-electron chi connectivity index (χ3n) is 7.24. The smallest absolute Gasteiger partial charge is 0.325 e. The number of carboxylic acid groups (broad SMARTS) is 2.